The molecule has 6 saturated carbocycles. The van der Waals surface area contributed by atoms with Crippen molar-refractivity contribution >= 4 is 11.1 Å². The third kappa shape index (κ3) is 5.73. The predicted molar refractivity (Wildman–Crippen MR) is 223 cm³/mol. The van der Waals surface area contributed by atoms with Gasteiger partial charge in [-0.2, -0.15) is 0 Å². The van der Waals surface area contributed by atoms with Crippen LogP contribution in [0.5, 0.6) is 0 Å². The van der Waals surface area contributed by atoms with E-state index in [0.717, 1.165) is 69.8 Å². The van der Waals surface area contributed by atoms with Crippen LogP contribution < -0.4 is 0 Å². The maximum absolute atomic E-state index is 13.9. The molecule has 0 aliphatic heterocycles. The van der Waals surface area contributed by atoms with Crippen molar-refractivity contribution in [1.29, 1.82) is 0 Å². The Morgan fingerprint density at radius 2 is 1.12 bits per heavy atom. The van der Waals surface area contributed by atoms with Crippen LogP contribution in [-0.2, 0) is 0 Å². The van der Waals surface area contributed by atoms with E-state index in [-0.39, 0.29) is 51.5 Å². The maximum Gasteiger partial charge on any atom is 0.142 e. The van der Waals surface area contributed by atoms with E-state index in [4.69, 9.17) is 0 Å². The van der Waals surface area contributed by atoms with Crippen molar-refractivity contribution in [1.82, 2.24) is 9.97 Å². The average molecular weight is 781 g/mol. The SMILES string of the molecule is CC1C[C@H]2[C@@H]3CC=C(c4cccnc4)[C@@]3(C)CC[C@@H]2[C@@]2(C)CC[C@H](O)CC12O.CC1C[C@H]2[C@@H]3CC=C(c4cncc(F)c4)[C@@]3(C)CC[C@@H]2[C@@]2(C)CC[C@H](O)CC12O. The summed E-state index contributed by atoms with van der Waals surface area (Å²) in [5.41, 5.74) is 3.61. The van der Waals surface area contributed by atoms with Gasteiger partial charge in [-0.05, 0) is 180 Å². The summed E-state index contributed by atoms with van der Waals surface area (Å²) >= 11 is 0. The molecule has 8 aliphatic carbocycles. The summed E-state index contributed by atoms with van der Waals surface area (Å²) in [6.07, 6.45) is 24.5. The molecule has 8 aliphatic rings. The van der Waals surface area contributed by atoms with Crippen molar-refractivity contribution in [2.45, 2.75) is 155 Å². The third-order valence-corrected chi connectivity index (χ3v) is 19.6. The second-order valence-electron chi connectivity index (χ2n) is 21.8. The van der Waals surface area contributed by atoms with Gasteiger partial charge in [0.1, 0.15) is 5.82 Å². The molecular formula is C50H69FN2O4. The fraction of sp³-hybridized carbons (Fsp3) is 0.720. The van der Waals surface area contributed by atoms with E-state index < -0.39 is 11.2 Å². The van der Waals surface area contributed by atoms with Gasteiger partial charge < -0.3 is 20.4 Å². The Kier molecular flexibility index (Phi) is 9.67. The van der Waals surface area contributed by atoms with Crippen molar-refractivity contribution in [2.24, 2.45) is 69.0 Å². The van der Waals surface area contributed by atoms with E-state index in [9.17, 15) is 24.8 Å². The molecule has 16 atom stereocenters. The zero-order chi connectivity index (χ0) is 40.3. The van der Waals surface area contributed by atoms with Crippen LogP contribution in [0.3, 0.4) is 0 Å². The molecule has 0 bridgehead atoms. The van der Waals surface area contributed by atoms with Gasteiger partial charge in [-0.25, -0.2) is 4.39 Å². The molecule has 2 heterocycles. The van der Waals surface area contributed by atoms with Gasteiger partial charge in [0, 0.05) is 31.4 Å². The van der Waals surface area contributed by atoms with E-state index in [0.29, 0.717) is 48.3 Å². The Morgan fingerprint density at radius 3 is 1.60 bits per heavy atom. The largest absolute Gasteiger partial charge is 0.393 e. The summed E-state index contributed by atoms with van der Waals surface area (Å²) in [4.78, 5) is 8.47. The molecule has 0 aromatic carbocycles. The van der Waals surface area contributed by atoms with E-state index >= 15 is 0 Å². The molecule has 0 spiro atoms. The zero-order valence-corrected chi connectivity index (χ0v) is 35.4. The Hall–Kier alpha value is -2.45. The number of rotatable bonds is 2. The predicted octanol–water partition coefficient (Wildman–Crippen LogP) is 9.82. The summed E-state index contributed by atoms with van der Waals surface area (Å²) in [6, 6.07) is 5.89. The molecule has 4 unspecified atom stereocenters. The van der Waals surface area contributed by atoms with Crippen LogP contribution in [0.15, 0.2) is 55.1 Å². The van der Waals surface area contributed by atoms with E-state index in [2.05, 4.69) is 75.8 Å². The average Bonchev–Trinajstić information content (AvgIpc) is 3.72. The van der Waals surface area contributed by atoms with E-state index in [1.54, 1.807) is 12.3 Å². The second kappa shape index (κ2) is 13.8. The lowest BCUT2D eigenvalue weighted by Crippen LogP contribution is -2.66. The smallest absolute Gasteiger partial charge is 0.142 e. The minimum atomic E-state index is -0.763. The minimum absolute atomic E-state index is 0.0519. The molecule has 0 saturated heterocycles. The number of fused-ring (bicyclic) bond motifs is 10. The zero-order valence-electron chi connectivity index (χ0n) is 35.4. The van der Waals surface area contributed by atoms with E-state index in [1.165, 1.54) is 35.7 Å². The van der Waals surface area contributed by atoms with Gasteiger partial charge >= 0.3 is 0 Å². The fourth-order valence-corrected chi connectivity index (χ4v) is 16.4. The lowest BCUT2D eigenvalue weighted by molar-refractivity contribution is -0.241. The number of allylic oxidation sites excluding steroid dienone is 4. The number of aliphatic hydroxyl groups excluding tert-OH is 2. The molecule has 6 nitrogen and oxygen atoms in total. The molecule has 2 aromatic rings. The Morgan fingerprint density at radius 1 is 0.632 bits per heavy atom. The Labute approximate surface area is 340 Å². The second-order valence-corrected chi connectivity index (χ2v) is 21.8. The van der Waals surface area contributed by atoms with Gasteiger partial charge in [-0.3, -0.25) is 9.97 Å². The molecular weight excluding hydrogens is 712 g/mol. The molecule has 7 heteroatoms. The van der Waals surface area contributed by atoms with Gasteiger partial charge in [-0.15, -0.1) is 0 Å². The highest BCUT2D eigenvalue weighted by atomic mass is 19.1. The van der Waals surface area contributed by atoms with Crippen molar-refractivity contribution in [3.8, 4) is 0 Å². The number of nitrogens with zero attached hydrogens (tertiary/aromatic N) is 2. The summed E-state index contributed by atoms with van der Waals surface area (Å²) in [5, 5.41) is 44.2. The highest BCUT2D eigenvalue weighted by molar-refractivity contribution is 5.73. The summed E-state index contributed by atoms with van der Waals surface area (Å²) < 4.78 is 13.9. The van der Waals surface area contributed by atoms with Gasteiger partial charge in [0.05, 0.1) is 29.6 Å². The number of hydrogen-bond donors (Lipinski definition) is 4. The number of pyridine rings is 2. The van der Waals surface area contributed by atoms with Crippen molar-refractivity contribution in [3.05, 3.63) is 72.1 Å². The summed E-state index contributed by atoms with van der Waals surface area (Å²) in [7, 11) is 0. The van der Waals surface area contributed by atoms with Crippen LogP contribution in [-0.4, -0.2) is 53.8 Å². The standard InChI is InChI=1S/C25H34FNO2.C25H35NO2/c1-15-10-19-21-5-4-20(16-11-17(26)14-27-13-16)23(21,2)8-7-22(19)24(3)9-6-18(28)12-25(15,24)29;1-16-13-19-21-7-6-20(17-5-4-12-26-15-17)23(21,2)10-9-22(19)24(3)11-8-18(27)14-25(16,24)28/h4,11,13-15,18-19,21-22,28-29H,5-10,12H2,1-3H3;4-6,12,15-16,18-19,21-22,27-28H,7-11,13-14H2,1-3H3/t15?,18-,19-,21-,22-,23+,24+,25?;16?,18-,19-,21-,22-,23+,24+,25?/m00/s1. The molecule has 4 N–H and O–H groups in total. The Bertz CT molecular complexity index is 1920. The monoisotopic (exact) mass is 781 g/mol. The van der Waals surface area contributed by atoms with E-state index in [1.807, 2.05) is 12.4 Å². The summed E-state index contributed by atoms with van der Waals surface area (Å²) in [6.45, 7) is 13.9. The lowest BCUT2D eigenvalue weighted by atomic mass is 9.41. The highest BCUT2D eigenvalue weighted by Crippen LogP contribution is 2.71. The minimum Gasteiger partial charge on any atom is -0.393 e. The van der Waals surface area contributed by atoms with Gasteiger partial charge in [0.25, 0.3) is 0 Å². The molecule has 2 aromatic heterocycles. The molecule has 10 rings (SSSR count). The number of aromatic nitrogens is 2. The van der Waals surface area contributed by atoms with Crippen molar-refractivity contribution < 1.29 is 24.8 Å². The molecule has 0 amide bonds. The van der Waals surface area contributed by atoms with Crippen molar-refractivity contribution in [3.63, 3.8) is 0 Å². The lowest BCUT2D eigenvalue weighted by Gasteiger charge is -2.66. The van der Waals surface area contributed by atoms with Crippen LogP contribution in [0.4, 0.5) is 4.39 Å². The van der Waals surface area contributed by atoms with Crippen LogP contribution in [0.1, 0.15) is 143 Å². The number of aliphatic hydroxyl groups is 4. The number of halogens is 1. The van der Waals surface area contributed by atoms with Crippen molar-refractivity contribution in [2.75, 3.05) is 0 Å². The first kappa shape index (κ1) is 40.0. The molecule has 310 valence electrons. The first-order chi connectivity index (χ1) is 27.0. The molecule has 57 heavy (non-hydrogen) atoms. The van der Waals surface area contributed by atoms with Crippen LogP contribution in [0.25, 0.3) is 11.1 Å². The van der Waals surface area contributed by atoms with Gasteiger partial charge in [-0.1, -0.05) is 59.8 Å². The van der Waals surface area contributed by atoms with Crippen LogP contribution >= 0.6 is 0 Å². The number of hydrogen-bond acceptors (Lipinski definition) is 6. The quantitative estimate of drug-likeness (QED) is 0.242. The van der Waals surface area contributed by atoms with Gasteiger partial charge in [0.2, 0.25) is 0 Å². The third-order valence-electron chi connectivity index (χ3n) is 19.6. The first-order valence-electron chi connectivity index (χ1n) is 22.7. The summed E-state index contributed by atoms with van der Waals surface area (Å²) in [5.74, 6) is 3.67. The van der Waals surface area contributed by atoms with Crippen LogP contribution in [0, 0.1) is 74.8 Å². The van der Waals surface area contributed by atoms with Crippen LogP contribution in [0.2, 0.25) is 0 Å². The normalized spacial score (nSPS) is 49.7. The fourth-order valence-electron chi connectivity index (χ4n) is 16.4. The topological polar surface area (TPSA) is 107 Å². The highest BCUT2D eigenvalue weighted by Gasteiger charge is 2.67. The Balaban J connectivity index is 0.000000148. The maximum atomic E-state index is 13.9. The molecule has 0 radical (unpaired) electrons. The van der Waals surface area contributed by atoms with Gasteiger partial charge in [0.15, 0.2) is 0 Å². The first-order valence-corrected chi connectivity index (χ1v) is 22.7. The molecule has 6 fully saturated rings.